The fourth-order valence-electron chi connectivity index (χ4n) is 1.17. The Morgan fingerprint density at radius 1 is 1.50 bits per heavy atom. The lowest BCUT2D eigenvalue weighted by molar-refractivity contribution is -0.386. The number of benzene rings is 1. The molecule has 0 aliphatic carbocycles. The van der Waals surface area contributed by atoms with Gasteiger partial charge in [0.25, 0.3) is 5.69 Å². The molecule has 0 saturated carbocycles. The van der Waals surface area contributed by atoms with Crippen molar-refractivity contribution in [3.05, 3.63) is 38.3 Å². The van der Waals surface area contributed by atoms with Gasteiger partial charge in [-0.1, -0.05) is 15.9 Å². The summed E-state index contributed by atoms with van der Waals surface area (Å²) in [5, 5.41) is 20.4. The van der Waals surface area contributed by atoms with Crippen LogP contribution in [0.3, 0.4) is 0 Å². The molecule has 0 radical (unpaired) electrons. The number of nitro benzene ring substituents is 1. The highest BCUT2D eigenvalue weighted by Gasteiger charge is 2.26. The summed E-state index contributed by atoms with van der Waals surface area (Å²) in [5.74, 6) is 0. The number of nitrogens with zero attached hydrogens (tertiary/aromatic N) is 1. The molecule has 0 aliphatic heterocycles. The summed E-state index contributed by atoms with van der Waals surface area (Å²) in [7, 11) is 0. The second kappa shape index (κ2) is 3.67. The summed E-state index contributed by atoms with van der Waals surface area (Å²) < 4.78 is 0.622. The van der Waals surface area contributed by atoms with Crippen LogP contribution in [0.1, 0.15) is 19.4 Å². The van der Waals surface area contributed by atoms with Crippen LogP contribution >= 0.6 is 15.9 Å². The number of rotatable bonds is 2. The lowest BCUT2D eigenvalue weighted by Crippen LogP contribution is -2.17. The summed E-state index contributed by atoms with van der Waals surface area (Å²) in [6.07, 6.45) is 0. The minimum Gasteiger partial charge on any atom is -0.385 e. The molecule has 1 aromatic carbocycles. The van der Waals surface area contributed by atoms with Crippen molar-refractivity contribution in [1.82, 2.24) is 0 Å². The number of hydrogen-bond acceptors (Lipinski definition) is 3. The van der Waals surface area contributed by atoms with Gasteiger partial charge in [0.2, 0.25) is 0 Å². The van der Waals surface area contributed by atoms with Crippen molar-refractivity contribution in [3.8, 4) is 0 Å². The van der Waals surface area contributed by atoms with Gasteiger partial charge in [0.15, 0.2) is 0 Å². The third-order valence-electron chi connectivity index (χ3n) is 1.82. The van der Waals surface area contributed by atoms with E-state index in [2.05, 4.69) is 15.9 Å². The van der Waals surface area contributed by atoms with Gasteiger partial charge >= 0.3 is 0 Å². The fourth-order valence-corrected chi connectivity index (χ4v) is 1.52. The van der Waals surface area contributed by atoms with E-state index in [1.165, 1.54) is 19.9 Å². The van der Waals surface area contributed by atoms with Gasteiger partial charge in [-0.25, -0.2) is 0 Å². The Kier molecular flexibility index (Phi) is 2.92. The second-order valence-corrected chi connectivity index (χ2v) is 4.39. The van der Waals surface area contributed by atoms with E-state index in [0.717, 1.165) is 0 Å². The van der Waals surface area contributed by atoms with Gasteiger partial charge in [-0.2, -0.15) is 0 Å². The quantitative estimate of drug-likeness (QED) is 0.656. The Hall–Kier alpha value is -0.940. The summed E-state index contributed by atoms with van der Waals surface area (Å²) >= 11 is 3.15. The topological polar surface area (TPSA) is 63.4 Å². The summed E-state index contributed by atoms with van der Waals surface area (Å²) in [6, 6.07) is 4.59. The van der Waals surface area contributed by atoms with E-state index < -0.39 is 10.5 Å². The first-order valence-corrected chi connectivity index (χ1v) is 4.78. The molecule has 1 aromatic rings. The standard InChI is InChI=1S/C9H10BrNO3/c1-9(2,12)7-4-3-6(10)5-8(7)11(13)14/h3-5,12H,1-2H3. The van der Waals surface area contributed by atoms with Crippen LogP contribution in [0, 0.1) is 10.1 Å². The Bertz CT molecular complexity index is 371. The van der Waals surface area contributed by atoms with Crippen LogP contribution in [0.5, 0.6) is 0 Å². The minimum absolute atomic E-state index is 0.0770. The molecule has 5 heteroatoms. The van der Waals surface area contributed by atoms with E-state index in [9.17, 15) is 15.2 Å². The number of halogens is 1. The molecule has 0 bridgehead atoms. The van der Waals surface area contributed by atoms with E-state index in [-0.39, 0.29) is 5.69 Å². The Balaban J connectivity index is 3.37. The molecule has 0 spiro atoms. The van der Waals surface area contributed by atoms with Gasteiger partial charge < -0.3 is 5.11 Å². The van der Waals surface area contributed by atoms with Crippen molar-refractivity contribution in [1.29, 1.82) is 0 Å². The minimum atomic E-state index is -1.21. The van der Waals surface area contributed by atoms with Crippen molar-refractivity contribution < 1.29 is 10.0 Å². The van der Waals surface area contributed by atoms with Crippen LogP contribution in [0.4, 0.5) is 5.69 Å². The van der Waals surface area contributed by atoms with Gasteiger partial charge in [0, 0.05) is 10.5 Å². The SMILES string of the molecule is CC(C)(O)c1ccc(Br)cc1[N+](=O)[O-]. The fraction of sp³-hybridized carbons (Fsp3) is 0.333. The molecule has 14 heavy (non-hydrogen) atoms. The number of hydrogen-bond donors (Lipinski definition) is 1. The van der Waals surface area contributed by atoms with Crippen molar-refractivity contribution >= 4 is 21.6 Å². The van der Waals surface area contributed by atoms with Crippen molar-refractivity contribution in [2.45, 2.75) is 19.4 Å². The van der Waals surface area contributed by atoms with Gasteiger partial charge in [0.1, 0.15) is 0 Å². The van der Waals surface area contributed by atoms with Crippen LogP contribution in [0.2, 0.25) is 0 Å². The Morgan fingerprint density at radius 2 is 2.07 bits per heavy atom. The lowest BCUT2D eigenvalue weighted by atomic mass is 9.97. The average molecular weight is 260 g/mol. The maximum atomic E-state index is 10.7. The first-order valence-electron chi connectivity index (χ1n) is 3.99. The molecule has 0 unspecified atom stereocenters. The second-order valence-electron chi connectivity index (χ2n) is 3.48. The van der Waals surface area contributed by atoms with Gasteiger partial charge in [-0.15, -0.1) is 0 Å². The monoisotopic (exact) mass is 259 g/mol. The maximum Gasteiger partial charge on any atom is 0.276 e. The van der Waals surface area contributed by atoms with E-state index in [4.69, 9.17) is 0 Å². The molecule has 0 aromatic heterocycles. The number of aliphatic hydroxyl groups is 1. The van der Waals surface area contributed by atoms with Crippen LogP contribution in [-0.2, 0) is 5.60 Å². The molecule has 1 N–H and O–H groups in total. The Labute approximate surface area is 89.8 Å². The summed E-state index contributed by atoms with van der Waals surface area (Å²) in [5.41, 5.74) is -0.971. The number of nitro groups is 1. The van der Waals surface area contributed by atoms with Crippen LogP contribution in [0.15, 0.2) is 22.7 Å². The average Bonchev–Trinajstić information content (AvgIpc) is 2.01. The highest BCUT2D eigenvalue weighted by Crippen LogP contribution is 2.31. The van der Waals surface area contributed by atoms with Crippen LogP contribution in [0.25, 0.3) is 0 Å². The highest BCUT2D eigenvalue weighted by atomic mass is 79.9. The molecule has 0 fully saturated rings. The van der Waals surface area contributed by atoms with Crippen molar-refractivity contribution in [2.24, 2.45) is 0 Å². The third-order valence-corrected chi connectivity index (χ3v) is 2.31. The van der Waals surface area contributed by atoms with Gasteiger partial charge in [0.05, 0.1) is 16.1 Å². The Morgan fingerprint density at radius 3 is 2.50 bits per heavy atom. The maximum absolute atomic E-state index is 10.7. The summed E-state index contributed by atoms with van der Waals surface area (Å²) in [6.45, 7) is 3.03. The molecule has 1 rings (SSSR count). The van der Waals surface area contributed by atoms with Crippen LogP contribution in [-0.4, -0.2) is 10.0 Å². The first-order chi connectivity index (χ1) is 6.32. The highest BCUT2D eigenvalue weighted by molar-refractivity contribution is 9.10. The summed E-state index contributed by atoms with van der Waals surface area (Å²) in [4.78, 5) is 10.2. The largest absolute Gasteiger partial charge is 0.385 e. The molecule has 0 aliphatic rings. The van der Waals surface area contributed by atoms with E-state index in [0.29, 0.717) is 10.0 Å². The normalized spacial score (nSPS) is 11.4. The zero-order valence-corrected chi connectivity index (χ0v) is 9.41. The zero-order chi connectivity index (χ0) is 10.9. The molecule has 0 saturated heterocycles. The van der Waals surface area contributed by atoms with E-state index in [1.807, 2.05) is 0 Å². The smallest absolute Gasteiger partial charge is 0.276 e. The lowest BCUT2D eigenvalue weighted by Gasteiger charge is -2.17. The molecular weight excluding hydrogens is 250 g/mol. The van der Waals surface area contributed by atoms with Gasteiger partial charge in [-0.05, 0) is 26.0 Å². The molecule has 0 heterocycles. The van der Waals surface area contributed by atoms with Crippen LogP contribution < -0.4 is 0 Å². The predicted molar refractivity (Wildman–Crippen MR) is 56.0 cm³/mol. The first kappa shape index (κ1) is 11.1. The molecular formula is C9H10BrNO3. The van der Waals surface area contributed by atoms with Crippen molar-refractivity contribution in [3.63, 3.8) is 0 Å². The predicted octanol–water partition coefficient (Wildman–Crippen LogP) is 2.58. The van der Waals surface area contributed by atoms with Crippen molar-refractivity contribution in [2.75, 3.05) is 0 Å². The van der Waals surface area contributed by atoms with Gasteiger partial charge in [-0.3, -0.25) is 10.1 Å². The van der Waals surface area contributed by atoms with E-state index >= 15 is 0 Å². The molecule has 0 atom stereocenters. The molecule has 4 nitrogen and oxygen atoms in total. The molecule has 0 amide bonds. The molecule has 76 valence electrons. The zero-order valence-electron chi connectivity index (χ0n) is 7.82. The third kappa shape index (κ3) is 2.30. The van der Waals surface area contributed by atoms with E-state index in [1.54, 1.807) is 12.1 Å².